The van der Waals surface area contributed by atoms with E-state index >= 15 is 0 Å². The van der Waals surface area contributed by atoms with Crippen molar-refractivity contribution in [3.63, 3.8) is 0 Å². The number of aliphatic imine (C=N–C) groups is 1. The minimum atomic E-state index is 0. The highest BCUT2D eigenvalue weighted by molar-refractivity contribution is 14.0. The normalized spacial score (nSPS) is 20.9. The van der Waals surface area contributed by atoms with Crippen LogP contribution < -0.4 is 15.5 Å². The molecule has 176 valence electrons. The molecule has 2 N–H and O–H groups in total. The third kappa shape index (κ3) is 8.05. The van der Waals surface area contributed by atoms with E-state index in [0.29, 0.717) is 12.0 Å². The largest absolute Gasteiger partial charge is 0.385 e. The molecule has 2 fully saturated rings. The Hall–Kier alpha value is -1.13. The first kappa shape index (κ1) is 26.1. The van der Waals surface area contributed by atoms with E-state index < -0.39 is 0 Å². The average molecular weight is 546 g/mol. The number of nitrogens with zero attached hydrogens (tertiary/aromatic N) is 3. The number of aromatic nitrogens is 1. The van der Waals surface area contributed by atoms with E-state index in [0.717, 1.165) is 57.6 Å². The summed E-state index contributed by atoms with van der Waals surface area (Å²) in [6, 6.07) is 4.21. The van der Waals surface area contributed by atoms with Crippen LogP contribution in [0.1, 0.15) is 51.5 Å². The quantitative estimate of drug-likeness (QED) is 0.281. The Balaban J connectivity index is 0.00000341. The SMILES string of the molecule is CCNC(=NCc1ccnc(N2CCOC(C)C2)c1)NCC1(CCOC)CCCC1.I. The lowest BCUT2D eigenvalue weighted by Gasteiger charge is -2.32. The van der Waals surface area contributed by atoms with Crippen LogP contribution in [0.15, 0.2) is 23.3 Å². The highest BCUT2D eigenvalue weighted by atomic mass is 127. The van der Waals surface area contributed by atoms with E-state index in [1.54, 1.807) is 7.11 Å². The first-order valence-electron chi connectivity index (χ1n) is 11.5. The van der Waals surface area contributed by atoms with E-state index in [9.17, 15) is 0 Å². The van der Waals surface area contributed by atoms with Crippen molar-refractivity contribution in [1.29, 1.82) is 0 Å². The molecule has 0 radical (unpaired) electrons. The summed E-state index contributed by atoms with van der Waals surface area (Å²) in [5.41, 5.74) is 1.51. The number of halogens is 1. The van der Waals surface area contributed by atoms with Gasteiger partial charge in [-0.1, -0.05) is 12.8 Å². The van der Waals surface area contributed by atoms with E-state index in [1.807, 2.05) is 6.20 Å². The highest BCUT2D eigenvalue weighted by Crippen LogP contribution is 2.40. The molecule has 2 heterocycles. The Labute approximate surface area is 204 Å². The van der Waals surface area contributed by atoms with Crippen LogP contribution in [-0.2, 0) is 16.0 Å². The van der Waals surface area contributed by atoms with Gasteiger partial charge in [0.15, 0.2) is 5.96 Å². The molecule has 8 heteroatoms. The van der Waals surface area contributed by atoms with Gasteiger partial charge in [-0.15, -0.1) is 24.0 Å². The number of morpholine rings is 1. The number of guanidine groups is 1. The topological polar surface area (TPSA) is 71.0 Å². The van der Waals surface area contributed by atoms with E-state index in [2.05, 4.69) is 46.5 Å². The monoisotopic (exact) mass is 545 g/mol. The second-order valence-electron chi connectivity index (χ2n) is 8.65. The van der Waals surface area contributed by atoms with Gasteiger partial charge in [-0.2, -0.15) is 0 Å². The van der Waals surface area contributed by atoms with Gasteiger partial charge in [0.05, 0.1) is 19.3 Å². The van der Waals surface area contributed by atoms with Crippen LogP contribution >= 0.6 is 24.0 Å². The Morgan fingerprint density at radius 1 is 1.35 bits per heavy atom. The van der Waals surface area contributed by atoms with Crippen LogP contribution in [0.2, 0.25) is 0 Å². The summed E-state index contributed by atoms with van der Waals surface area (Å²) in [6.45, 7) is 10.0. The zero-order valence-electron chi connectivity index (χ0n) is 19.4. The lowest BCUT2D eigenvalue weighted by atomic mass is 9.83. The van der Waals surface area contributed by atoms with Crippen molar-refractivity contribution in [2.45, 2.75) is 58.6 Å². The van der Waals surface area contributed by atoms with Crippen molar-refractivity contribution in [1.82, 2.24) is 15.6 Å². The van der Waals surface area contributed by atoms with Crippen LogP contribution in [0.5, 0.6) is 0 Å². The van der Waals surface area contributed by atoms with Gasteiger partial charge in [-0.3, -0.25) is 0 Å². The van der Waals surface area contributed by atoms with E-state index in [4.69, 9.17) is 14.5 Å². The summed E-state index contributed by atoms with van der Waals surface area (Å²) in [5, 5.41) is 7.01. The number of anilines is 1. The molecule has 0 amide bonds. The van der Waals surface area contributed by atoms with Crippen LogP contribution in [0, 0.1) is 5.41 Å². The molecule has 1 saturated carbocycles. The fraction of sp³-hybridized carbons (Fsp3) is 0.739. The van der Waals surface area contributed by atoms with Crippen molar-refractivity contribution < 1.29 is 9.47 Å². The Bertz CT molecular complexity index is 682. The molecule has 1 aliphatic carbocycles. The van der Waals surface area contributed by atoms with Crippen molar-refractivity contribution in [3.8, 4) is 0 Å². The number of pyridine rings is 1. The second-order valence-corrected chi connectivity index (χ2v) is 8.65. The average Bonchev–Trinajstić information content (AvgIpc) is 3.23. The third-order valence-corrected chi connectivity index (χ3v) is 6.27. The summed E-state index contributed by atoms with van der Waals surface area (Å²) < 4.78 is 11.0. The van der Waals surface area contributed by atoms with Gasteiger partial charge in [0.2, 0.25) is 0 Å². The molecule has 0 bridgehead atoms. The van der Waals surface area contributed by atoms with Crippen LogP contribution in [0.4, 0.5) is 5.82 Å². The summed E-state index contributed by atoms with van der Waals surface area (Å²) in [4.78, 5) is 11.7. The van der Waals surface area contributed by atoms with Crippen molar-refractivity contribution in [2.24, 2.45) is 10.4 Å². The molecular weight excluding hydrogens is 505 g/mol. The molecule has 1 aromatic heterocycles. The maximum atomic E-state index is 5.65. The zero-order valence-corrected chi connectivity index (χ0v) is 21.7. The summed E-state index contributed by atoms with van der Waals surface area (Å²) in [5.74, 6) is 1.90. The predicted molar refractivity (Wildman–Crippen MR) is 137 cm³/mol. The maximum Gasteiger partial charge on any atom is 0.191 e. The lowest BCUT2D eigenvalue weighted by Crippen LogP contribution is -2.43. The summed E-state index contributed by atoms with van der Waals surface area (Å²) in [6.07, 6.45) is 8.43. The summed E-state index contributed by atoms with van der Waals surface area (Å²) >= 11 is 0. The number of nitrogens with one attached hydrogen (secondary N) is 2. The Morgan fingerprint density at radius 2 is 2.16 bits per heavy atom. The number of ether oxygens (including phenoxy) is 2. The molecule has 1 atom stereocenters. The van der Waals surface area contributed by atoms with Gasteiger partial charge in [-0.25, -0.2) is 9.98 Å². The smallest absolute Gasteiger partial charge is 0.191 e. The second kappa shape index (κ2) is 13.4. The van der Waals surface area contributed by atoms with Gasteiger partial charge in [-0.05, 0) is 56.2 Å². The lowest BCUT2D eigenvalue weighted by molar-refractivity contribution is 0.0529. The van der Waals surface area contributed by atoms with Gasteiger partial charge in [0.1, 0.15) is 5.82 Å². The molecular formula is C23H40IN5O2. The number of methoxy groups -OCH3 is 1. The maximum absolute atomic E-state index is 5.65. The van der Waals surface area contributed by atoms with Crippen molar-refractivity contribution >= 4 is 35.8 Å². The van der Waals surface area contributed by atoms with E-state index in [1.165, 1.54) is 31.2 Å². The highest BCUT2D eigenvalue weighted by Gasteiger charge is 2.33. The fourth-order valence-corrected chi connectivity index (χ4v) is 4.50. The van der Waals surface area contributed by atoms with E-state index in [-0.39, 0.29) is 30.1 Å². The first-order valence-corrected chi connectivity index (χ1v) is 11.5. The van der Waals surface area contributed by atoms with Gasteiger partial charge < -0.3 is 25.0 Å². The number of hydrogen-bond donors (Lipinski definition) is 2. The molecule has 0 spiro atoms. The zero-order chi connectivity index (χ0) is 21.2. The standard InChI is InChI=1S/C23H39N5O2.HI/c1-4-24-22(27-18-23(10-13-29-3)8-5-6-9-23)26-16-20-7-11-25-21(15-20)28-12-14-30-19(2)17-28;/h7,11,15,19H,4-6,8-10,12-14,16-18H2,1-3H3,(H2,24,26,27);1H. The molecule has 0 aromatic carbocycles. The molecule has 31 heavy (non-hydrogen) atoms. The minimum Gasteiger partial charge on any atom is -0.385 e. The molecule has 1 aliphatic heterocycles. The van der Waals surface area contributed by atoms with Crippen molar-refractivity contribution in [3.05, 3.63) is 23.9 Å². The first-order chi connectivity index (χ1) is 14.6. The Kier molecular flexibility index (Phi) is 11.3. The predicted octanol–water partition coefficient (Wildman–Crippen LogP) is 3.58. The fourth-order valence-electron chi connectivity index (χ4n) is 4.50. The molecule has 2 aliphatic rings. The van der Waals surface area contributed by atoms with Crippen molar-refractivity contribution in [2.75, 3.05) is 51.4 Å². The molecule has 1 saturated heterocycles. The molecule has 1 aromatic rings. The van der Waals surface area contributed by atoms with Crippen LogP contribution in [0.25, 0.3) is 0 Å². The molecule has 1 unspecified atom stereocenters. The summed E-state index contributed by atoms with van der Waals surface area (Å²) in [7, 11) is 1.79. The van der Waals surface area contributed by atoms with Crippen LogP contribution in [0.3, 0.4) is 0 Å². The molecule has 7 nitrogen and oxygen atoms in total. The number of hydrogen-bond acceptors (Lipinski definition) is 5. The number of rotatable bonds is 9. The molecule has 3 rings (SSSR count). The third-order valence-electron chi connectivity index (χ3n) is 6.27. The minimum absolute atomic E-state index is 0. The Morgan fingerprint density at radius 3 is 2.87 bits per heavy atom. The van der Waals surface area contributed by atoms with Gasteiger partial charge >= 0.3 is 0 Å². The van der Waals surface area contributed by atoms with Gasteiger partial charge in [0.25, 0.3) is 0 Å². The van der Waals surface area contributed by atoms with Crippen LogP contribution in [-0.4, -0.2) is 63.6 Å². The van der Waals surface area contributed by atoms with Gasteiger partial charge in [0, 0.05) is 46.1 Å².